The number of hydrogen-bond acceptors (Lipinski definition) is 7. The number of nitrogens with one attached hydrogen (secondary N) is 2. The van der Waals surface area contributed by atoms with Crippen LogP contribution in [-0.4, -0.2) is 42.3 Å². The molecule has 1 aliphatic carbocycles. The number of carbonyl (C=O) groups is 1. The number of anilines is 1. The van der Waals surface area contributed by atoms with Crippen molar-refractivity contribution >= 4 is 32.4 Å². The largest absolute Gasteiger partial charge is 0.393 e. The van der Waals surface area contributed by atoms with Crippen molar-refractivity contribution in [3.8, 4) is 0 Å². The average molecular weight is 334 g/mol. The number of sulfonamides is 1. The van der Waals surface area contributed by atoms with Gasteiger partial charge in [-0.15, -0.1) is 10.2 Å². The van der Waals surface area contributed by atoms with Gasteiger partial charge in [-0.25, -0.2) is 13.1 Å². The lowest BCUT2D eigenvalue weighted by Gasteiger charge is -2.25. The molecule has 0 saturated heterocycles. The first kappa shape index (κ1) is 16.3. The van der Waals surface area contributed by atoms with Crippen molar-refractivity contribution in [2.24, 2.45) is 5.92 Å². The van der Waals surface area contributed by atoms with E-state index in [2.05, 4.69) is 20.2 Å². The van der Waals surface area contributed by atoms with Crippen molar-refractivity contribution < 1.29 is 18.3 Å². The Hall–Kier alpha value is -1.10. The number of aromatic nitrogens is 2. The summed E-state index contributed by atoms with van der Waals surface area (Å²) in [5, 5.41) is 19.3. The third-order valence-corrected chi connectivity index (χ3v) is 5.87. The highest BCUT2D eigenvalue weighted by Gasteiger charge is 2.25. The standard InChI is InChI=1S/C11H18N4O4S2/c1-7(16)13-10-14-15-11(20-10)21(18,19)12-6-8-3-2-4-9(17)5-8/h8-9,12,17H,2-6H2,1H3,(H,13,14,16). The van der Waals surface area contributed by atoms with Gasteiger partial charge in [-0.1, -0.05) is 17.8 Å². The van der Waals surface area contributed by atoms with Gasteiger partial charge in [-0.3, -0.25) is 4.79 Å². The second-order valence-corrected chi connectivity index (χ2v) is 8.01. The Kier molecular flexibility index (Phi) is 5.25. The van der Waals surface area contributed by atoms with Gasteiger partial charge in [0, 0.05) is 13.5 Å². The minimum absolute atomic E-state index is 0.131. The number of carbonyl (C=O) groups excluding carboxylic acids is 1. The molecule has 118 valence electrons. The second-order valence-electron chi connectivity index (χ2n) is 5.09. The van der Waals surface area contributed by atoms with E-state index in [9.17, 15) is 18.3 Å². The molecule has 1 aromatic rings. The summed E-state index contributed by atoms with van der Waals surface area (Å²) >= 11 is 0.801. The fraction of sp³-hybridized carbons (Fsp3) is 0.727. The van der Waals surface area contributed by atoms with Gasteiger partial charge in [-0.2, -0.15) is 0 Å². The van der Waals surface area contributed by atoms with Gasteiger partial charge in [0.1, 0.15) is 0 Å². The van der Waals surface area contributed by atoms with E-state index < -0.39 is 10.0 Å². The summed E-state index contributed by atoms with van der Waals surface area (Å²) in [6, 6.07) is 0. The zero-order chi connectivity index (χ0) is 15.5. The molecule has 1 aliphatic rings. The van der Waals surface area contributed by atoms with E-state index in [4.69, 9.17) is 0 Å². The van der Waals surface area contributed by atoms with Crippen molar-refractivity contribution in [2.75, 3.05) is 11.9 Å². The Labute approximate surface area is 127 Å². The van der Waals surface area contributed by atoms with Crippen LogP contribution in [0.4, 0.5) is 5.13 Å². The third-order valence-electron chi connectivity index (χ3n) is 3.24. The number of hydrogen-bond donors (Lipinski definition) is 3. The maximum atomic E-state index is 12.1. The van der Waals surface area contributed by atoms with Crippen LogP contribution in [0.2, 0.25) is 0 Å². The molecule has 8 nitrogen and oxygen atoms in total. The summed E-state index contributed by atoms with van der Waals surface area (Å²) < 4.78 is 26.5. The van der Waals surface area contributed by atoms with Crippen LogP contribution in [0.15, 0.2) is 4.34 Å². The van der Waals surface area contributed by atoms with Gasteiger partial charge >= 0.3 is 0 Å². The Morgan fingerprint density at radius 1 is 1.43 bits per heavy atom. The van der Waals surface area contributed by atoms with Crippen LogP contribution in [0.25, 0.3) is 0 Å². The third kappa shape index (κ3) is 4.70. The van der Waals surface area contributed by atoms with E-state index >= 15 is 0 Å². The summed E-state index contributed by atoms with van der Waals surface area (Å²) in [4.78, 5) is 10.9. The summed E-state index contributed by atoms with van der Waals surface area (Å²) in [6.45, 7) is 1.58. The molecule has 1 heterocycles. The molecule has 2 atom stereocenters. The Bertz CT molecular complexity index is 601. The van der Waals surface area contributed by atoms with Crippen LogP contribution < -0.4 is 10.0 Å². The van der Waals surface area contributed by atoms with E-state index in [0.29, 0.717) is 6.42 Å². The molecule has 0 bridgehead atoms. The lowest BCUT2D eigenvalue weighted by atomic mass is 9.87. The van der Waals surface area contributed by atoms with Gasteiger partial charge in [0.2, 0.25) is 15.4 Å². The Morgan fingerprint density at radius 2 is 2.19 bits per heavy atom. The Balaban J connectivity index is 1.94. The number of amides is 1. The molecule has 1 aromatic heterocycles. The van der Waals surface area contributed by atoms with Gasteiger partial charge < -0.3 is 10.4 Å². The number of nitrogens with zero attached hydrogens (tertiary/aromatic N) is 2. The van der Waals surface area contributed by atoms with Crippen LogP contribution in [0.1, 0.15) is 32.6 Å². The lowest BCUT2D eigenvalue weighted by molar-refractivity contribution is -0.114. The smallest absolute Gasteiger partial charge is 0.269 e. The topological polar surface area (TPSA) is 121 Å². The van der Waals surface area contributed by atoms with E-state index in [1.807, 2.05) is 0 Å². The molecule has 0 aromatic carbocycles. The highest BCUT2D eigenvalue weighted by atomic mass is 32.2. The maximum absolute atomic E-state index is 12.1. The fourth-order valence-corrected chi connectivity index (χ4v) is 4.36. The molecule has 2 rings (SSSR count). The van der Waals surface area contributed by atoms with Gasteiger partial charge in [0.15, 0.2) is 0 Å². The first-order valence-corrected chi connectivity index (χ1v) is 8.95. The van der Waals surface area contributed by atoms with E-state index in [-0.39, 0.29) is 33.9 Å². The van der Waals surface area contributed by atoms with Gasteiger partial charge in [0.25, 0.3) is 10.0 Å². The maximum Gasteiger partial charge on any atom is 0.269 e. The SMILES string of the molecule is CC(=O)Nc1nnc(S(=O)(=O)NCC2CCCC(O)C2)s1. The van der Waals surface area contributed by atoms with Gasteiger partial charge in [-0.05, 0) is 25.2 Å². The second kappa shape index (κ2) is 6.77. The minimum Gasteiger partial charge on any atom is -0.393 e. The van der Waals surface area contributed by atoms with Crippen molar-refractivity contribution in [3.63, 3.8) is 0 Å². The zero-order valence-corrected chi connectivity index (χ0v) is 13.2. The predicted molar refractivity (Wildman–Crippen MR) is 77.4 cm³/mol. The van der Waals surface area contributed by atoms with Crippen molar-refractivity contribution in [1.82, 2.24) is 14.9 Å². The number of rotatable bonds is 5. The Morgan fingerprint density at radius 3 is 2.86 bits per heavy atom. The molecule has 21 heavy (non-hydrogen) atoms. The quantitative estimate of drug-likeness (QED) is 0.667. The van der Waals surface area contributed by atoms with Crippen molar-refractivity contribution in [1.29, 1.82) is 0 Å². The highest BCUT2D eigenvalue weighted by Crippen LogP contribution is 2.24. The molecule has 1 saturated carbocycles. The minimum atomic E-state index is -3.73. The normalized spacial score (nSPS) is 23.0. The molecule has 1 fully saturated rings. The summed E-state index contributed by atoms with van der Waals surface area (Å²) in [5.74, 6) is -0.203. The highest BCUT2D eigenvalue weighted by molar-refractivity contribution is 7.91. The first-order valence-electron chi connectivity index (χ1n) is 6.65. The molecule has 0 radical (unpaired) electrons. The molecule has 0 aliphatic heterocycles. The zero-order valence-electron chi connectivity index (χ0n) is 11.6. The average Bonchev–Trinajstić information content (AvgIpc) is 2.85. The molecular weight excluding hydrogens is 316 g/mol. The van der Waals surface area contributed by atoms with E-state index in [1.54, 1.807) is 0 Å². The summed E-state index contributed by atoms with van der Waals surface area (Å²) in [7, 11) is -3.73. The van der Waals surface area contributed by atoms with Crippen molar-refractivity contribution in [3.05, 3.63) is 0 Å². The molecule has 0 spiro atoms. The lowest BCUT2D eigenvalue weighted by Crippen LogP contribution is -2.33. The van der Waals surface area contributed by atoms with Crippen LogP contribution >= 0.6 is 11.3 Å². The van der Waals surface area contributed by atoms with Gasteiger partial charge in [0.05, 0.1) is 6.10 Å². The molecule has 10 heteroatoms. The van der Waals surface area contributed by atoms with Crippen LogP contribution in [-0.2, 0) is 14.8 Å². The molecule has 3 N–H and O–H groups in total. The molecular formula is C11H18N4O4S2. The number of aliphatic hydroxyl groups is 1. The fourth-order valence-electron chi connectivity index (χ4n) is 2.26. The predicted octanol–water partition coefficient (Wildman–Crippen LogP) is 0.326. The van der Waals surface area contributed by atoms with Crippen LogP contribution in [0.5, 0.6) is 0 Å². The molecule has 2 unspecified atom stereocenters. The molecule has 1 amide bonds. The van der Waals surface area contributed by atoms with Crippen LogP contribution in [0.3, 0.4) is 0 Å². The summed E-state index contributed by atoms with van der Waals surface area (Å²) in [6.07, 6.45) is 2.84. The van der Waals surface area contributed by atoms with Crippen LogP contribution in [0, 0.1) is 5.92 Å². The summed E-state index contributed by atoms with van der Waals surface area (Å²) in [5.41, 5.74) is 0. The number of aliphatic hydroxyl groups excluding tert-OH is 1. The van der Waals surface area contributed by atoms with E-state index in [1.165, 1.54) is 6.92 Å². The first-order chi connectivity index (χ1) is 9.87. The van der Waals surface area contributed by atoms with E-state index in [0.717, 1.165) is 30.6 Å². The van der Waals surface area contributed by atoms with Crippen molar-refractivity contribution in [2.45, 2.75) is 43.1 Å². The monoisotopic (exact) mass is 334 g/mol.